The molecular weight excluding hydrogens is 200 g/mol. The van der Waals surface area contributed by atoms with Crippen LogP contribution in [0.15, 0.2) is 24.3 Å². The quantitative estimate of drug-likeness (QED) is 0.550. The maximum absolute atomic E-state index is 10.4. The van der Waals surface area contributed by atoms with Crippen molar-refractivity contribution in [1.29, 1.82) is 0 Å². The monoisotopic (exact) mass is 208 g/mol. The van der Waals surface area contributed by atoms with Crippen LogP contribution in [-0.2, 0) is 4.79 Å². The van der Waals surface area contributed by atoms with Crippen molar-refractivity contribution in [3.05, 3.63) is 29.8 Å². The third-order valence-electron chi connectivity index (χ3n) is 1.48. The molecule has 0 aliphatic heterocycles. The van der Waals surface area contributed by atoms with Crippen LogP contribution in [0.25, 0.3) is 0 Å². The van der Waals surface area contributed by atoms with E-state index in [4.69, 9.17) is 16.3 Å². The molecule has 0 bridgehead atoms. The molecule has 2 nitrogen and oxygen atoms in total. The molecule has 0 aliphatic rings. The van der Waals surface area contributed by atoms with Crippen molar-refractivity contribution in [3.8, 4) is 17.6 Å². The molecule has 0 aliphatic carbocycles. The largest absolute Gasteiger partial charge is 0.493 e. The fourth-order valence-corrected chi connectivity index (χ4v) is 1.01. The summed E-state index contributed by atoms with van der Waals surface area (Å²) >= 11 is 5.10. The van der Waals surface area contributed by atoms with Crippen LogP contribution in [0.5, 0.6) is 5.75 Å². The van der Waals surface area contributed by atoms with E-state index in [1.54, 1.807) is 12.1 Å². The fraction of sp³-hybridized carbons (Fsp3) is 0.182. The van der Waals surface area contributed by atoms with Crippen molar-refractivity contribution < 1.29 is 9.53 Å². The summed E-state index contributed by atoms with van der Waals surface area (Å²) in [5.41, 5.74) is 0.670. The van der Waals surface area contributed by atoms with E-state index in [2.05, 4.69) is 11.8 Å². The molecule has 0 saturated carbocycles. The summed E-state index contributed by atoms with van der Waals surface area (Å²) in [5.74, 6) is 5.57. The van der Waals surface area contributed by atoms with Gasteiger partial charge in [0, 0.05) is 0 Å². The lowest BCUT2D eigenvalue weighted by Crippen LogP contribution is -1.93. The molecular formula is C11H9ClO2. The zero-order valence-electron chi connectivity index (χ0n) is 7.71. The average Bonchev–Trinajstić information content (AvgIpc) is 2.17. The lowest BCUT2D eigenvalue weighted by molar-refractivity contribution is -0.107. The van der Waals surface area contributed by atoms with Crippen molar-refractivity contribution >= 4 is 16.8 Å². The minimum atomic E-state index is -0.670. The molecule has 1 aromatic carbocycles. The molecule has 0 saturated heterocycles. The molecule has 14 heavy (non-hydrogen) atoms. The third-order valence-corrected chi connectivity index (χ3v) is 1.58. The first-order valence-corrected chi connectivity index (χ1v) is 4.55. The second kappa shape index (κ2) is 5.31. The number of hydrogen-bond donors (Lipinski definition) is 0. The number of hydrogen-bond acceptors (Lipinski definition) is 2. The van der Waals surface area contributed by atoms with Crippen molar-refractivity contribution in [1.82, 2.24) is 0 Å². The highest BCUT2D eigenvalue weighted by molar-refractivity contribution is 6.68. The van der Waals surface area contributed by atoms with E-state index in [-0.39, 0.29) is 0 Å². The number of carbonyl (C=O) groups is 1. The Morgan fingerprint density at radius 1 is 1.50 bits per heavy atom. The van der Waals surface area contributed by atoms with Crippen LogP contribution in [0.3, 0.4) is 0 Å². The molecule has 0 radical (unpaired) electrons. The zero-order chi connectivity index (χ0) is 10.4. The van der Waals surface area contributed by atoms with Gasteiger partial charge in [-0.05, 0) is 36.6 Å². The van der Waals surface area contributed by atoms with Gasteiger partial charge in [0.2, 0.25) is 0 Å². The molecule has 0 atom stereocenters. The number of benzene rings is 1. The topological polar surface area (TPSA) is 26.3 Å². The average molecular weight is 209 g/mol. The number of ether oxygens (including phenoxy) is 1. The van der Waals surface area contributed by atoms with E-state index in [1.807, 2.05) is 19.1 Å². The summed E-state index contributed by atoms with van der Waals surface area (Å²) in [5, 5.41) is -0.670. The van der Waals surface area contributed by atoms with Gasteiger partial charge in [0.15, 0.2) is 0 Å². The van der Waals surface area contributed by atoms with Gasteiger partial charge in [-0.15, -0.1) is 0 Å². The van der Waals surface area contributed by atoms with Crippen LogP contribution >= 0.6 is 11.6 Å². The molecule has 0 aromatic heterocycles. The zero-order valence-corrected chi connectivity index (χ0v) is 8.47. The van der Waals surface area contributed by atoms with Gasteiger partial charge in [-0.25, -0.2) is 0 Å². The van der Waals surface area contributed by atoms with Gasteiger partial charge in [0.25, 0.3) is 5.24 Å². The van der Waals surface area contributed by atoms with E-state index in [9.17, 15) is 4.79 Å². The molecule has 0 fully saturated rings. The SMILES string of the molecule is CCOc1ccccc1C#CC(=O)Cl. The van der Waals surface area contributed by atoms with Crippen LogP contribution in [0.1, 0.15) is 12.5 Å². The Balaban J connectivity index is 2.97. The maximum Gasteiger partial charge on any atom is 0.296 e. The molecule has 72 valence electrons. The molecule has 1 rings (SSSR count). The Kier molecular flexibility index (Phi) is 4.03. The second-order valence-electron chi connectivity index (χ2n) is 2.45. The first-order valence-electron chi connectivity index (χ1n) is 4.17. The van der Waals surface area contributed by atoms with Gasteiger partial charge in [-0.3, -0.25) is 4.79 Å². The standard InChI is InChI=1S/C11H9ClO2/c1-2-14-10-6-4-3-5-9(10)7-8-11(12)13/h3-6H,2H2,1H3. The van der Waals surface area contributed by atoms with Crippen molar-refractivity contribution in [2.24, 2.45) is 0 Å². The first kappa shape index (κ1) is 10.6. The van der Waals surface area contributed by atoms with E-state index in [0.717, 1.165) is 0 Å². The Morgan fingerprint density at radius 3 is 2.86 bits per heavy atom. The van der Waals surface area contributed by atoms with Crippen LogP contribution in [0.4, 0.5) is 0 Å². The molecule has 0 heterocycles. The van der Waals surface area contributed by atoms with Crippen LogP contribution in [-0.4, -0.2) is 11.8 Å². The number of carbonyl (C=O) groups excluding carboxylic acids is 1. The highest BCUT2D eigenvalue weighted by Gasteiger charge is 1.98. The smallest absolute Gasteiger partial charge is 0.296 e. The van der Waals surface area contributed by atoms with Gasteiger partial charge >= 0.3 is 0 Å². The minimum Gasteiger partial charge on any atom is -0.493 e. The summed E-state index contributed by atoms with van der Waals surface area (Å²) in [6.45, 7) is 2.45. The van der Waals surface area contributed by atoms with Gasteiger partial charge < -0.3 is 4.74 Å². The number of halogens is 1. The number of rotatable bonds is 2. The van der Waals surface area contributed by atoms with Crippen molar-refractivity contribution in [3.63, 3.8) is 0 Å². The highest BCUT2D eigenvalue weighted by Crippen LogP contribution is 2.16. The molecule has 1 aromatic rings. The van der Waals surface area contributed by atoms with Gasteiger partial charge in [-0.1, -0.05) is 18.1 Å². The lowest BCUT2D eigenvalue weighted by atomic mass is 10.2. The normalized spacial score (nSPS) is 8.71. The van der Waals surface area contributed by atoms with Gasteiger partial charge in [-0.2, -0.15) is 0 Å². The lowest BCUT2D eigenvalue weighted by Gasteiger charge is -2.03. The Bertz CT molecular complexity index is 388. The van der Waals surface area contributed by atoms with Crippen molar-refractivity contribution in [2.45, 2.75) is 6.92 Å². The van der Waals surface area contributed by atoms with Crippen LogP contribution in [0, 0.1) is 11.8 Å². The Labute approximate surface area is 87.8 Å². The number of para-hydroxylation sites is 1. The predicted molar refractivity (Wildman–Crippen MR) is 55.3 cm³/mol. The van der Waals surface area contributed by atoms with E-state index in [0.29, 0.717) is 17.9 Å². The van der Waals surface area contributed by atoms with E-state index < -0.39 is 5.24 Å². The van der Waals surface area contributed by atoms with Crippen LogP contribution < -0.4 is 4.74 Å². The van der Waals surface area contributed by atoms with Gasteiger partial charge in [0.05, 0.1) is 12.2 Å². The fourth-order valence-electron chi connectivity index (χ4n) is 0.968. The minimum absolute atomic E-state index is 0.563. The summed E-state index contributed by atoms with van der Waals surface area (Å²) in [7, 11) is 0. The Morgan fingerprint density at radius 2 is 2.21 bits per heavy atom. The highest BCUT2D eigenvalue weighted by atomic mass is 35.5. The molecule has 0 unspecified atom stereocenters. The summed E-state index contributed by atoms with van der Waals surface area (Å²) in [6, 6.07) is 7.24. The molecule has 0 spiro atoms. The third kappa shape index (κ3) is 3.12. The second-order valence-corrected chi connectivity index (χ2v) is 2.80. The Hall–Kier alpha value is -1.46. The predicted octanol–water partition coefficient (Wildman–Crippen LogP) is 2.20. The van der Waals surface area contributed by atoms with Crippen molar-refractivity contribution in [2.75, 3.05) is 6.61 Å². The van der Waals surface area contributed by atoms with E-state index in [1.165, 1.54) is 0 Å². The first-order chi connectivity index (χ1) is 6.74. The summed E-state index contributed by atoms with van der Waals surface area (Å²) < 4.78 is 5.31. The maximum atomic E-state index is 10.4. The summed E-state index contributed by atoms with van der Waals surface area (Å²) in [4.78, 5) is 10.4. The molecule has 0 N–H and O–H groups in total. The molecule has 0 amide bonds. The van der Waals surface area contributed by atoms with Gasteiger partial charge in [0.1, 0.15) is 5.75 Å². The van der Waals surface area contributed by atoms with E-state index >= 15 is 0 Å². The molecule has 3 heteroatoms. The summed E-state index contributed by atoms with van der Waals surface area (Å²) in [6.07, 6.45) is 0. The van der Waals surface area contributed by atoms with Crippen LogP contribution in [0.2, 0.25) is 0 Å².